The fourth-order valence-electron chi connectivity index (χ4n) is 6.04. The number of anilines is 1. The van der Waals surface area contributed by atoms with Crippen LogP contribution in [0.5, 0.6) is 0 Å². The van der Waals surface area contributed by atoms with Gasteiger partial charge in [-0.15, -0.1) is 11.3 Å². The van der Waals surface area contributed by atoms with Gasteiger partial charge in [0.05, 0.1) is 17.3 Å². The second-order valence-corrected chi connectivity index (χ2v) is 12.0. The Hall–Kier alpha value is -3.70. The van der Waals surface area contributed by atoms with Gasteiger partial charge in [-0.25, -0.2) is 9.78 Å². The number of carboxylic acids is 1. The molecule has 6 rings (SSSR count). The lowest BCUT2D eigenvalue weighted by molar-refractivity contribution is -0.184. The molecule has 220 valence electrons. The molecule has 4 heterocycles. The molecule has 42 heavy (non-hydrogen) atoms. The number of halogens is 3. The quantitative estimate of drug-likeness (QED) is 0.252. The summed E-state index contributed by atoms with van der Waals surface area (Å²) < 4.78 is 47.3. The molecule has 2 fully saturated rings. The van der Waals surface area contributed by atoms with Crippen molar-refractivity contribution in [1.82, 2.24) is 9.38 Å². The first-order valence-electron chi connectivity index (χ1n) is 14.1. The van der Waals surface area contributed by atoms with Crippen molar-refractivity contribution in [3.63, 3.8) is 0 Å². The Bertz CT molecular complexity index is 1550. The van der Waals surface area contributed by atoms with Crippen LogP contribution in [0.25, 0.3) is 27.3 Å². The smallest absolute Gasteiger partial charge is 0.391 e. The molecule has 3 aromatic heterocycles. The van der Waals surface area contributed by atoms with E-state index in [2.05, 4.69) is 4.98 Å². The van der Waals surface area contributed by atoms with Gasteiger partial charge in [0.1, 0.15) is 10.5 Å². The largest absolute Gasteiger partial charge is 0.477 e. The van der Waals surface area contributed by atoms with Crippen molar-refractivity contribution < 1.29 is 32.6 Å². The van der Waals surface area contributed by atoms with E-state index in [-0.39, 0.29) is 42.5 Å². The number of benzene rings is 1. The molecule has 0 unspecified atom stereocenters. The maximum Gasteiger partial charge on any atom is 0.391 e. The second-order valence-electron chi connectivity index (χ2n) is 10.9. The molecule has 1 N–H and O–H groups in total. The molecule has 0 bridgehead atoms. The number of rotatable bonds is 6. The molecule has 1 aliphatic heterocycles. The van der Waals surface area contributed by atoms with Crippen molar-refractivity contribution in [2.45, 2.75) is 50.7 Å². The first kappa shape index (κ1) is 28.4. The number of nitrogens with zero attached hydrogens (tertiary/aromatic N) is 3. The third-order valence-corrected chi connectivity index (χ3v) is 9.49. The van der Waals surface area contributed by atoms with Crippen LogP contribution in [0.3, 0.4) is 0 Å². The highest BCUT2D eigenvalue weighted by molar-refractivity contribution is 7.18. The Balaban J connectivity index is 1.31. The van der Waals surface area contributed by atoms with E-state index in [9.17, 15) is 27.9 Å². The number of aromatic carboxylic acids is 1. The Morgan fingerprint density at radius 1 is 0.976 bits per heavy atom. The molecule has 7 nitrogen and oxygen atoms in total. The predicted octanol–water partition coefficient (Wildman–Crippen LogP) is 7.31. The summed E-state index contributed by atoms with van der Waals surface area (Å²) in [6.07, 6.45) is 0.724. The minimum Gasteiger partial charge on any atom is -0.477 e. The van der Waals surface area contributed by atoms with E-state index in [1.54, 1.807) is 11.0 Å². The summed E-state index contributed by atoms with van der Waals surface area (Å²) in [7, 11) is 0. The number of carbonyl (C=O) groups is 2. The van der Waals surface area contributed by atoms with Crippen LogP contribution in [0.4, 0.5) is 18.9 Å². The zero-order valence-corrected chi connectivity index (χ0v) is 23.5. The summed E-state index contributed by atoms with van der Waals surface area (Å²) in [6, 6.07) is 14.9. The summed E-state index contributed by atoms with van der Waals surface area (Å²) >= 11 is 1.09. The van der Waals surface area contributed by atoms with Crippen molar-refractivity contribution in [2.24, 2.45) is 11.8 Å². The second kappa shape index (κ2) is 11.5. The molecular formula is C31H30F3N3O4S. The van der Waals surface area contributed by atoms with Gasteiger partial charge in [-0.2, -0.15) is 13.2 Å². The van der Waals surface area contributed by atoms with Crippen LogP contribution in [-0.4, -0.2) is 51.8 Å². The van der Waals surface area contributed by atoms with E-state index in [4.69, 9.17) is 4.74 Å². The molecule has 2 aliphatic rings. The van der Waals surface area contributed by atoms with Crippen LogP contribution >= 0.6 is 11.3 Å². The van der Waals surface area contributed by atoms with E-state index in [1.165, 1.54) is 0 Å². The summed E-state index contributed by atoms with van der Waals surface area (Å²) in [5.74, 6) is -3.42. The number of aromatic nitrogens is 2. The van der Waals surface area contributed by atoms with E-state index in [0.29, 0.717) is 36.6 Å². The first-order chi connectivity index (χ1) is 20.2. The lowest BCUT2D eigenvalue weighted by Gasteiger charge is -2.38. The van der Waals surface area contributed by atoms with Crippen molar-refractivity contribution in [3.05, 3.63) is 65.8 Å². The third kappa shape index (κ3) is 5.67. The molecule has 11 heteroatoms. The van der Waals surface area contributed by atoms with Crippen LogP contribution in [0.15, 0.2) is 60.9 Å². The zero-order chi connectivity index (χ0) is 29.4. The Kier molecular flexibility index (Phi) is 7.80. The average Bonchev–Trinajstić information content (AvgIpc) is 3.63. The number of imidazole rings is 1. The third-order valence-electron chi connectivity index (χ3n) is 8.33. The molecule has 1 aromatic carbocycles. The zero-order valence-electron chi connectivity index (χ0n) is 22.7. The maximum absolute atomic E-state index is 14.0. The van der Waals surface area contributed by atoms with Crippen LogP contribution in [-0.2, 0) is 9.53 Å². The first-order valence-corrected chi connectivity index (χ1v) is 14.9. The number of carboxylic acid groups (broad SMARTS) is 1. The normalized spacial score (nSPS) is 20.1. The number of alkyl halides is 3. The Morgan fingerprint density at radius 2 is 1.67 bits per heavy atom. The van der Waals surface area contributed by atoms with Gasteiger partial charge in [0, 0.05) is 48.0 Å². The molecule has 0 atom stereocenters. The number of thiophene rings is 1. The van der Waals surface area contributed by atoms with E-state index < -0.39 is 24.0 Å². The highest BCUT2D eigenvalue weighted by Crippen LogP contribution is 2.43. The van der Waals surface area contributed by atoms with Crippen molar-refractivity contribution in [3.8, 4) is 21.7 Å². The predicted molar refractivity (Wildman–Crippen MR) is 154 cm³/mol. The van der Waals surface area contributed by atoms with Gasteiger partial charge in [-0.05, 0) is 62.3 Å². The van der Waals surface area contributed by atoms with E-state index in [0.717, 1.165) is 33.8 Å². The average molecular weight is 598 g/mol. The minimum absolute atomic E-state index is 0.0400. The van der Waals surface area contributed by atoms with Crippen LogP contribution in [0, 0.1) is 11.8 Å². The highest BCUT2D eigenvalue weighted by Gasteiger charge is 2.44. The highest BCUT2D eigenvalue weighted by atomic mass is 32.1. The molecule has 1 amide bonds. The van der Waals surface area contributed by atoms with Gasteiger partial charge >= 0.3 is 12.1 Å². The number of fused-ring (bicyclic) bond motifs is 1. The Morgan fingerprint density at radius 3 is 2.31 bits per heavy atom. The van der Waals surface area contributed by atoms with Crippen LogP contribution in [0.2, 0.25) is 0 Å². The van der Waals surface area contributed by atoms with Gasteiger partial charge < -0.3 is 19.1 Å². The molecule has 4 aromatic rings. The molecule has 0 radical (unpaired) electrons. The molecule has 1 saturated carbocycles. The standard InChI is InChI=1S/C31H30F3N3O4S/c32-31(33,34)22-10-8-21(9-11-22)29(38)37(23-12-15-41-16-13-23)25-17-26(42-28(25)30(39)40)20-6-4-19(5-7-20)24-18-36-14-2-1-3-27(36)35-24/h1-7,14,17-18,21-23H,8-13,15-16H2,(H,39,40)/t21-,22-. The molecular weight excluding hydrogens is 567 g/mol. The number of hydrogen-bond donors (Lipinski definition) is 1. The lowest BCUT2D eigenvalue weighted by atomic mass is 9.80. The monoisotopic (exact) mass is 597 g/mol. The van der Waals surface area contributed by atoms with Gasteiger partial charge in [0.2, 0.25) is 5.91 Å². The van der Waals surface area contributed by atoms with Gasteiger partial charge in [-0.1, -0.05) is 30.3 Å². The van der Waals surface area contributed by atoms with Crippen LogP contribution in [0.1, 0.15) is 48.2 Å². The van der Waals surface area contributed by atoms with Crippen LogP contribution < -0.4 is 4.90 Å². The molecule has 1 saturated heterocycles. The lowest BCUT2D eigenvalue weighted by Crippen LogP contribution is -2.47. The maximum atomic E-state index is 14.0. The SMILES string of the molecule is O=C(O)c1sc(-c2ccc(-c3cn4ccccc4n3)cc2)cc1N(C(=O)[C@H]1CC[C@H](C(F)(F)F)CC1)C1CCOCC1. The summed E-state index contributed by atoms with van der Waals surface area (Å²) in [5, 5.41) is 10.2. The van der Waals surface area contributed by atoms with E-state index in [1.807, 2.05) is 59.3 Å². The van der Waals surface area contributed by atoms with Gasteiger partial charge in [0.15, 0.2) is 0 Å². The molecule has 0 spiro atoms. The fraction of sp³-hybridized carbons (Fsp3) is 0.387. The fourth-order valence-corrected chi connectivity index (χ4v) is 7.03. The van der Waals surface area contributed by atoms with Crippen molar-refractivity contribution in [2.75, 3.05) is 18.1 Å². The van der Waals surface area contributed by atoms with Gasteiger partial charge in [0.25, 0.3) is 0 Å². The number of pyridine rings is 1. The summed E-state index contributed by atoms with van der Waals surface area (Å²) in [6.45, 7) is 0.859. The summed E-state index contributed by atoms with van der Waals surface area (Å²) in [5.41, 5.74) is 3.65. The van der Waals surface area contributed by atoms with Crippen molar-refractivity contribution in [1.29, 1.82) is 0 Å². The Labute approximate surface area is 244 Å². The number of carbonyl (C=O) groups excluding carboxylic acids is 1. The topological polar surface area (TPSA) is 84.1 Å². The number of ether oxygens (including phenoxy) is 1. The van der Waals surface area contributed by atoms with E-state index >= 15 is 0 Å². The van der Waals surface area contributed by atoms with Gasteiger partial charge in [-0.3, -0.25) is 4.79 Å². The minimum atomic E-state index is -4.27. The molecule has 1 aliphatic carbocycles. The summed E-state index contributed by atoms with van der Waals surface area (Å²) in [4.78, 5) is 33.3. The van der Waals surface area contributed by atoms with Crippen molar-refractivity contribution >= 4 is 34.5 Å². The number of amides is 1. The number of hydrogen-bond acceptors (Lipinski definition) is 5.